The van der Waals surface area contributed by atoms with Gasteiger partial charge in [0, 0.05) is 19.0 Å². The van der Waals surface area contributed by atoms with E-state index in [0.717, 1.165) is 32.2 Å². The Kier molecular flexibility index (Phi) is 2.52. The van der Waals surface area contributed by atoms with Crippen molar-refractivity contribution in [3.63, 3.8) is 0 Å². The zero-order valence-electron chi connectivity index (χ0n) is 9.41. The molecule has 1 N–H and O–H groups in total. The van der Waals surface area contributed by atoms with E-state index in [1.54, 1.807) is 0 Å². The van der Waals surface area contributed by atoms with Crippen LogP contribution in [0.1, 0.15) is 25.7 Å². The highest BCUT2D eigenvalue weighted by Gasteiger charge is 2.42. The number of hydrogen-bond donors (Lipinski definition) is 1. The minimum Gasteiger partial charge on any atom is -0.346 e. The third kappa shape index (κ3) is 2.01. The summed E-state index contributed by atoms with van der Waals surface area (Å²) in [4.78, 5) is 13.7. The van der Waals surface area contributed by atoms with Gasteiger partial charge < -0.3 is 19.7 Å². The Labute approximate surface area is 95.1 Å². The van der Waals surface area contributed by atoms with Gasteiger partial charge in [0.25, 0.3) is 0 Å². The molecule has 5 nitrogen and oxygen atoms in total. The van der Waals surface area contributed by atoms with E-state index in [4.69, 9.17) is 9.47 Å². The molecule has 0 atom stereocenters. The Morgan fingerprint density at radius 2 is 2.06 bits per heavy atom. The van der Waals surface area contributed by atoms with Crippen LogP contribution in [0.2, 0.25) is 0 Å². The number of carbonyl (C=O) groups is 1. The lowest BCUT2D eigenvalue weighted by atomic mass is 10.1. The van der Waals surface area contributed by atoms with Gasteiger partial charge in [-0.1, -0.05) is 0 Å². The second kappa shape index (κ2) is 3.89. The van der Waals surface area contributed by atoms with E-state index in [0.29, 0.717) is 25.8 Å². The molecule has 3 fully saturated rings. The molecule has 0 unspecified atom stereocenters. The van der Waals surface area contributed by atoms with Gasteiger partial charge in [0.1, 0.15) is 0 Å². The average Bonchev–Trinajstić information content (AvgIpc) is 3.00. The van der Waals surface area contributed by atoms with Crippen molar-refractivity contribution in [1.29, 1.82) is 0 Å². The van der Waals surface area contributed by atoms with Gasteiger partial charge in [-0.25, -0.2) is 4.79 Å². The summed E-state index contributed by atoms with van der Waals surface area (Å²) in [5.41, 5.74) is 0. The van der Waals surface area contributed by atoms with Crippen LogP contribution in [0.4, 0.5) is 4.79 Å². The van der Waals surface area contributed by atoms with Gasteiger partial charge >= 0.3 is 6.03 Å². The van der Waals surface area contributed by atoms with Crippen molar-refractivity contribution in [2.45, 2.75) is 37.5 Å². The van der Waals surface area contributed by atoms with Crippen LogP contribution in [0.15, 0.2) is 0 Å². The van der Waals surface area contributed by atoms with E-state index in [1.165, 1.54) is 0 Å². The maximum Gasteiger partial charge on any atom is 0.317 e. The van der Waals surface area contributed by atoms with Crippen LogP contribution in [-0.2, 0) is 9.47 Å². The molecule has 0 aromatic carbocycles. The molecule has 3 rings (SSSR count). The molecule has 2 heterocycles. The van der Waals surface area contributed by atoms with Crippen molar-refractivity contribution in [2.24, 2.45) is 0 Å². The zero-order valence-corrected chi connectivity index (χ0v) is 9.41. The highest BCUT2D eigenvalue weighted by atomic mass is 16.7. The first kappa shape index (κ1) is 10.4. The molecule has 16 heavy (non-hydrogen) atoms. The van der Waals surface area contributed by atoms with Gasteiger partial charge in [0.15, 0.2) is 5.79 Å². The average molecular weight is 226 g/mol. The monoisotopic (exact) mass is 226 g/mol. The van der Waals surface area contributed by atoms with E-state index in [9.17, 15) is 4.79 Å². The van der Waals surface area contributed by atoms with Crippen LogP contribution in [0.3, 0.4) is 0 Å². The van der Waals surface area contributed by atoms with Crippen molar-refractivity contribution in [1.82, 2.24) is 10.2 Å². The molecular weight excluding hydrogens is 208 g/mol. The minimum atomic E-state index is -0.501. The number of amides is 2. The number of urea groups is 1. The molecular formula is C11H18N2O3. The quantitative estimate of drug-likeness (QED) is 0.716. The molecule has 0 radical (unpaired) electrons. The van der Waals surface area contributed by atoms with Gasteiger partial charge in [0.05, 0.1) is 19.8 Å². The van der Waals surface area contributed by atoms with Crippen LogP contribution in [0, 0.1) is 0 Å². The lowest BCUT2D eigenvalue weighted by Crippen LogP contribution is -2.54. The molecule has 3 aliphatic rings. The molecule has 0 bridgehead atoms. The van der Waals surface area contributed by atoms with Crippen molar-refractivity contribution >= 4 is 6.03 Å². The van der Waals surface area contributed by atoms with Gasteiger partial charge in [-0.05, 0) is 19.3 Å². The third-order valence-corrected chi connectivity index (χ3v) is 3.42. The summed E-state index contributed by atoms with van der Waals surface area (Å²) in [5.74, 6) is -0.501. The van der Waals surface area contributed by atoms with Gasteiger partial charge in [-0.2, -0.15) is 0 Å². The van der Waals surface area contributed by atoms with Crippen LogP contribution in [-0.4, -0.2) is 49.1 Å². The highest BCUT2D eigenvalue weighted by molar-refractivity contribution is 5.75. The molecule has 2 saturated heterocycles. The number of hydrogen-bond acceptors (Lipinski definition) is 3. The normalized spacial score (nSPS) is 28.4. The first-order valence-corrected chi connectivity index (χ1v) is 6.11. The van der Waals surface area contributed by atoms with Crippen LogP contribution in [0.25, 0.3) is 0 Å². The third-order valence-electron chi connectivity index (χ3n) is 3.42. The molecule has 0 aromatic heterocycles. The lowest BCUT2D eigenvalue weighted by Gasteiger charge is -2.38. The Morgan fingerprint density at radius 3 is 2.75 bits per heavy atom. The topological polar surface area (TPSA) is 50.8 Å². The summed E-state index contributed by atoms with van der Waals surface area (Å²) in [7, 11) is 0. The molecule has 2 amide bonds. The molecule has 1 aliphatic carbocycles. The molecule has 2 aliphatic heterocycles. The van der Waals surface area contributed by atoms with Crippen molar-refractivity contribution in [3.8, 4) is 0 Å². The number of nitrogens with zero attached hydrogens (tertiary/aromatic N) is 1. The predicted molar refractivity (Wildman–Crippen MR) is 57.0 cm³/mol. The van der Waals surface area contributed by atoms with E-state index in [-0.39, 0.29) is 6.03 Å². The zero-order chi connectivity index (χ0) is 11.0. The summed E-state index contributed by atoms with van der Waals surface area (Å²) in [5, 5.41) is 3.01. The fraction of sp³-hybridized carbons (Fsp3) is 0.909. The molecule has 1 saturated carbocycles. The highest BCUT2D eigenvalue weighted by Crippen LogP contribution is 2.30. The number of likely N-dealkylation sites (tertiary alicyclic amines) is 1. The molecule has 1 spiro atoms. The van der Waals surface area contributed by atoms with Crippen molar-refractivity contribution in [3.05, 3.63) is 0 Å². The summed E-state index contributed by atoms with van der Waals surface area (Å²) in [6.45, 7) is 2.69. The second-order valence-electron chi connectivity index (χ2n) is 4.86. The van der Waals surface area contributed by atoms with E-state index in [2.05, 4.69) is 5.32 Å². The predicted octanol–water partition coefficient (Wildman–Crippen LogP) is 0.697. The Morgan fingerprint density at radius 1 is 1.31 bits per heavy atom. The number of piperidine rings is 1. The Bertz CT molecular complexity index is 285. The van der Waals surface area contributed by atoms with Gasteiger partial charge in [-0.15, -0.1) is 0 Å². The summed E-state index contributed by atoms with van der Waals surface area (Å²) in [6.07, 6.45) is 4.10. The molecule has 5 heteroatoms. The van der Waals surface area contributed by atoms with Crippen molar-refractivity contribution < 1.29 is 14.3 Å². The summed E-state index contributed by atoms with van der Waals surface area (Å²) >= 11 is 0. The van der Waals surface area contributed by atoms with Gasteiger partial charge in [0.2, 0.25) is 0 Å². The van der Waals surface area contributed by atoms with E-state index < -0.39 is 5.79 Å². The van der Waals surface area contributed by atoms with E-state index in [1.807, 2.05) is 4.90 Å². The van der Waals surface area contributed by atoms with E-state index >= 15 is 0 Å². The maximum absolute atomic E-state index is 11.9. The van der Waals surface area contributed by atoms with Crippen LogP contribution in [0.5, 0.6) is 0 Å². The lowest BCUT2D eigenvalue weighted by molar-refractivity contribution is -0.182. The minimum absolute atomic E-state index is 0.0423. The fourth-order valence-corrected chi connectivity index (χ4v) is 2.39. The standard InChI is InChI=1S/C11H18N2O3/c14-10(12-9-2-3-9)13-5-1-4-11(8-13)15-6-7-16-11/h9H,1-8H2,(H,12,14). The van der Waals surface area contributed by atoms with Crippen molar-refractivity contribution in [2.75, 3.05) is 26.3 Å². The fourth-order valence-electron chi connectivity index (χ4n) is 2.39. The first-order chi connectivity index (χ1) is 7.77. The largest absolute Gasteiger partial charge is 0.346 e. The second-order valence-corrected chi connectivity index (χ2v) is 4.86. The van der Waals surface area contributed by atoms with Crippen LogP contribution < -0.4 is 5.32 Å². The van der Waals surface area contributed by atoms with Gasteiger partial charge in [-0.3, -0.25) is 0 Å². The maximum atomic E-state index is 11.9. The Hall–Kier alpha value is -0.810. The first-order valence-electron chi connectivity index (χ1n) is 6.11. The number of rotatable bonds is 1. The Balaban J connectivity index is 1.60. The smallest absolute Gasteiger partial charge is 0.317 e. The summed E-state index contributed by atoms with van der Waals surface area (Å²) < 4.78 is 11.3. The molecule has 90 valence electrons. The number of ether oxygens (including phenoxy) is 2. The number of carbonyl (C=O) groups excluding carboxylic acids is 1. The molecule has 0 aromatic rings. The number of nitrogens with one attached hydrogen (secondary N) is 1. The summed E-state index contributed by atoms with van der Waals surface area (Å²) in [6, 6.07) is 0.455. The SMILES string of the molecule is O=C(NC1CC1)N1CCCC2(C1)OCCO2. The van der Waals surface area contributed by atoms with Crippen LogP contribution >= 0.6 is 0 Å².